The van der Waals surface area contributed by atoms with Crippen molar-refractivity contribution in [2.75, 3.05) is 25.0 Å². The van der Waals surface area contributed by atoms with Gasteiger partial charge >= 0.3 is 0 Å². The number of morpholine rings is 1. The molecule has 1 fully saturated rings. The summed E-state index contributed by atoms with van der Waals surface area (Å²) in [6, 6.07) is 7.66. The Kier molecular flexibility index (Phi) is 5.36. The van der Waals surface area contributed by atoms with E-state index in [1.807, 2.05) is 42.8 Å². The molecule has 0 bridgehead atoms. The Morgan fingerprint density at radius 1 is 1.36 bits per heavy atom. The standard InChI is InChI=1S/C19H23N5O3S/c1-12-20-13(2)24(22-12)11-14-10-23(7-8-27-14)18(25)9-17-19(26)21-15-5-3-4-6-16(15)28-17/h3-6,14,17H,7-11H2,1-2H3,(H,21,26). The number of thioether (sulfide) groups is 1. The average Bonchev–Trinajstić information content (AvgIpc) is 2.99. The van der Waals surface area contributed by atoms with E-state index < -0.39 is 5.25 Å². The van der Waals surface area contributed by atoms with Crippen molar-refractivity contribution in [2.45, 2.75) is 43.1 Å². The highest BCUT2D eigenvalue weighted by Crippen LogP contribution is 2.36. The predicted octanol–water partition coefficient (Wildman–Crippen LogP) is 1.63. The Morgan fingerprint density at radius 2 is 2.18 bits per heavy atom. The Morgan fingerprint density at radius 3 is 2.96 bits per heavy atom. The van der Waals surface area contributed by atoms with Gasteiger partial charge < -0.3 is 15.0 Å². The fourth-order valence-electron chi connectivity index (χ4n) is 3.50. The van der Waals surface area contributed by atoms with Crippen molar-refractivity contribution < 1.29 is 14.3 Å². The van der Waals surface area contributed by atoms with Gasteiger partial charge in [-0.2, -0.15) is 5.10 Å². The summed E-state index contributed by atoms with van der Waals surface area (Å²) in [7, 11) is 0. The molecule has 0 spiro atoms. The number of anilines is 1. The Hall–Kier alpha value is -2.39. The molecule has 9 heteroatoms. The molecule has 148 valence electrons. The van der Waals surface area contributed by atoms with Crippen LogP contribution in [0.15, 0.2) is 29.2 Å². The summed E-state index contributed by atoms with van der Waals surface area (Å²) in [4.78, 5) is 32.3. The van der Waals surface area contributed by atoms with Gasteiger partial charge in [-0.3, -0.25) is 9.59 Å². The van der Waals surface area contributed by atoms with E-state index in [9.17, 15) is 9.59 Å². The van der Waals surface area contributed by atoms with E-state index in [-0.39, 0.29) is 24.3 Å². The number of carbonyl (C=O) groups excluding carboxylic acids is 2. The van der Waals surface area contributed by atoms with Crippen LogP contribution >= 0.6 is 11.8 Å². The molecule has 8 nitrogen and oxygen atoms in total. The van der Waals surface area contributed by atoms with Crippen LogP contribution in [-0.4, -0.2) is 62.5 Å². The monoisotopic (exact) mass is 401 g/mol. The second-order valence-corrected chi connectivity index (χ2v) is 8.26. The predicted molar refractivity (Wildman–Crippen MR) is 105 cm³/mol. The minimum Gasteiger partial charge on any atom is -0.373 e. The third kappa shape index (κ3) is 4.05. The first-order chi connectivity index (χ1) is 13.5. The van der Waals surface area contributed by atoms with Crippen LogP contribution in [0.2, 0.25) is 0 Å². The van der Waals surface area contributed by atoms with Crippen molar-refractivity contribution in [3.8, 4) is 0 Å². The first-order valence-corrected chi connectivity index (χ1v) is 10.2. The van der Waals surface area contributed by atoms with E-state index >= 15 is 0 Å². The summed E-state index contributed by atoms with van der Waals surface area (Å²) in [6.07, 6.45) is 0.0463. The Bertz CT molecular complexity index is 899. The summed E-state index contributed by atoms with van der Waals surface area (Å²) in [6.45, 7) is 5.83. The third-order valence-electron chi connectivity index (χ3n) is 4.90. The molecule has 2 aliphatic rings. The van der Waals surface area contributed by atoms with Gasteiger partial charge in [0.15, 0.2) is 0 Å². The molecule has 1 saturated heterocycles. The molecule has 1 aromatic heterocycles. The highest BCUT2D eigenvalue weighted by Gasteiger charge is 2.32. The maximum Gasteiger partial charge on any atom is 0.238 e. The van der Waals surface area contributed by atoms with Gasteiger partial charge in [0.25, 0.3) is 0 Å². The maximum absolute atomic E-state index is 12.8. The van der Waals surface area contributed by atoms with Crippen molar-refractivity contribution in [2.24, 2.45) is 0 Å². The molecular weight excluding hydrogens is 378 g/mol. The second kappa shape index (κ2) is 7.92. The molecule has 0 saturated carbocycles. The van der Waals surface area contributed by atoms with Crippen molar-refractivity contribution >= 4 is 29.3 Å². The summed E-state index contributed by atoms with van der Waals surface area (Å²) in [5.41, 5.74) is 0.811. The van der Waals surface area contributed by atoms with Gasteiger partial charge in [0.1, 0.15) is 11.6 Å². The van der Waals surface area contributed by atoms with Crippen molar-refractivity contribution in [1.29, 1.82) is 0 Å². The van der Waals surface area contributed by atoms with E-state index in [1.165, 1.54) is 11.8 Å². The molecular formula is C19H23N5O3S. The number of rotatable bonds is 4. The van der Waals surface area contributed by atoms with E-state index in [1.54, 1.807) is 4.90 Å². The van der Waals surface area contributed by atoms with Gasteiger partial charge in [-0.25, -0.2) is 9.67 Å². The number of benzene rings is 1. The molecule has 2 atom stereocenters. The van der Waals surface area contributed by atoms with Gasteiger partial charge in [0.05, 0.1) is 30.2 Å². The summed E-state index contributed by atoms with van der Waals surface area (Å²) >= 11 is 1.45. The highest BCUT2D eigenvalue weighted by molar-refractivity contribution is 8.01. The lowest BCUT2D eigenvalue weighted by Crippen LogP contribution is -2.48. The van der Waals surface area contributed by atoms with Crippen LogP contribution in [0.3, 0.4) is 0 Å². The number of para-hydroxylation sites is 1. The number of hydrogen-bond acceptors (Lipinski definition) is 6. The number of nitrogens with zero attached hydrogens (tertiary/aromatic N) is 4. The second-order valence-electron chi connectivity index (χ2n) is 7.02. The molecule has 2 aromatic rings. The number of ether oxygens (including phenoxy) is 1. The summed E-state index contributed by atoms with van der Waals surface area (Å²) in [5.74, 6) is 1.42. The van der Waals surface area contributed by atoms with Crippen LogP contribution in [0.1, 0.15) is 18.1 Å². The number of aryl methyl sites for hydroxylation is 2. The SMILES string of the molecule is Cc1nc(C)n(CC2CN(C(=O)CC3Sc4ccccc4NC3=O)CCO2)n1. The lowest BCUT2D eigenvalue weighted by molar-refractivity contribution is -0.140. The number of fused-ring (bicyclic) bond motifs is 1. The van der Waals surface area contributed by atoms with Crippen LogP contribution < -0.4 is 5.32 Å². The van der Waals surface area contributed by atoms with Gasteiger partial charge in [0, 0.05) is 24.4 Å². The van der Waals surface area contributed by atoms with E-state index in [0.29, 0.717) is 26.2 Å². The van der Waals surface area contributed by atoms with E-state index in [2.05, 4.69) is 15.4 Å². The van der Waals surface area contributed by atoms with Crippen LogP contribution in [0.4, 0.5) is 5.69 Å². The molecule has 1 aromatic carbocycles. The van der Waals surface area contributed by atoms with Crippen LogP contribution in [0.5, 0.6) is 0 Å². The number of nitrogens with one attached hydrogen (secondary N) is 1. The van der Waals surface area contributed by atoms with Crippen molar-refractivity contribution in [3.05, 3.63) is 35.9 Å². The zero-order valence-electron chi connectivity index (χ0n) is 15.9. The number of aromatic nitrogens is 3. The van der Waals surface area contributed by atoms with Gasteiger partial charge in [0.2, 0.25) is 11.8 Å². The van der Waals surface area contributed by atoms with Gasteiger partial charge in [-0.1, -0.05) is 12.1 Å². The topological polar surface area (TPSA) is 89.4 Å². The van der Waals surface area contributed by atoms with Crippen molar-refractivity contribution in [3.63, 3.8) is 0 Å². The maximum atomic E-state index is 12.8. The quantitative estimate of drug-likeness (QED) is 0.838. The number of hydrogen-bond donors (Lipinski definition) is 1. The zero-order chi connectivity index (χ0) is 19.7. The van der Waals surface area contributed by atoms with E-state index in [4.69, 9.17) is 4.74 Å². The number of amides is 2. The van der Waals surface area contributed by atoms with Crippen LogP contribution in [-0.2, 0) is 20.9 Å². The summed E-state index contributed by atoms with van der Waals surface area (Å²) < 4.78 is 7.63. The van der Waals surface area contributed by atoms with Gasteiger partial charge in [-0.15, -0.1) is 11.8 Å². The molecule has 2 unspecified atom stereocenters. The minimum absolute atomic E-state index is 0.0215. The fourth-order valence-corrected chi connectivity index (χ4v) is 4.60. The van der Waals surface area contributed by atoms with Crippen molar-refractivity contribution in [1.82, 2.24) is 19.7 Å². The minimum atomic E-state index is -0.413. The molecule has 1 N–H and O–H groups in total. The molecule has 4 rings (SSSR count). The fraction of sp³-hybridized carbons (Fsp3) is 0.474. The first kappa shape index (κ1) is 18.9. The van der Waals surface area contributed by atoms with Crippen LogP contribution in [0, 0.1) is 13.8 Å². The zero-order valence-corrected chi connectivity index (χ0v) is 16.7. The Balaban J connectivity index is 1.37. The number of carbonyl (C=O) groups is 2. The first-order valence-electron chi connectivity index (χ1n) is 9.33. The largest absolute Gasteiger partial charge is 0.373 e. The average molecular weight is 401 g/mol. The Labute approximate surface area is 167 Å². The smallest absolute Gasteiger partial charge is 0.238 e. The van der Waals surface area contributed by atoms with Gasteiger partial charge in [-0.05, 0) is 26.0 Å². The molecule has 2 aliphatic heterocycles. The molecule has 0 radical (unpaired) electrons. The molecule has 3 heterocycles. The molecule has 2 amide bonds. The molecule has 28 heavy (non-hydrogen) atoms. The van der Waals surface area contributed by atoms with E-state index in [0.717, 1.165) is 22.2 Å². The molecule has 0 aliphatic carbocycles. The lowest BCUT2D eigenvalue weighted by atomic mass is 10.2. The normalized spacial score (nSPS) is 21.9. The van der Waals surface area contributed by atoms with Crippen LogP contribution in [0.25, 0.3) is 0 Å². The highest BCUT2D eigenvalue weighted by atomic mass is 32.2. The third-order valence-corrected chi connectivity index (χ3v) is 6.17. The summed E-state index contributed by atoms with van der Waals surface area (Å²) in [5, 5.41) is 6.85. The lowest BCUT2D eigenvalue weighted by Gasteiger charge is -2.34.